The molecule has 0 saturated heterocycles. The first-order valence-corrected chi connectivity index (χ1v) is 10.4. The molecule has 0 aliphatic carbocycles. The van der Waals surface area contributed by atoms with E-state index in [1.165, 1.54) is 11.8 Å². The molecule has 1 heterocycles. The Bertz CT molecular complexity index is 1070. The Kier molecular flexibility index (Phi) is 6.91. The van der Waals surface area contributed by atoms with Gasteiger partial charge >= 0.3 is 0 Å². The van der Waals surface area contributed by atoms with Gasteiger partial charge in [-0.2, -0.15) is 5.26 Å². The molecule has 3 rings (SSSR count). The first-order chi connectivity index (χ1) is 14.0. The number of thioether (sulfide) groups is 1. The Morgan fingerprint density at radius 1 is 1.21 bits per heavy atom. The van der Waals surface area contributed by atoms with Gasteiger partial charge in [-0.25, -0.2) is 4.98 Å². The Labute approximate surface area is 173 Å². The summed E-state index contributed by atoms with van der Waals surface area (Å²) in [6.07, 6.45) is -0.363. The van der Waals surface area contributed by atoms with Crippen molar-refractivity contribution < 1.29 is 9.84 Å². The predicted molar refractivity (Wildman–Crippen MR) is 114 cm³/mol. The van der Waals surface area contributed by atoms with Crippen molar-refractivity contribution >= 4 is 22.7 Å². The van der Waals surface area contributed by atoms with Crippen molar-refractivity contribution in [2.24, 2.45) is 0 Å². The van der Waals surface area contributed by atoms with Crippen LogP contribution in [0.3, 0.4) is 0 Å². The number of nitriles is 1. The Morgan fingerprint density at radius 2 is 1.93 bits per heavy atom. The molecule has 0 radical (unpaired) electrons. The summed E-state index contributed by atoms with van der Waals surface area (Å²) in [5.74, 6) is 0.989. The van der Waals surface area contributed by atoms with Crippen molar-refractivity contribution in [3.05, 3.63) is 64.4 Å². The van der Waals surface area contributed by atoms with Crippen molar-refractivity contribution in [1.82, 2.24) is 9.55 Å². The van der Waals surface area contributed by atoms with Crippen LogP contribution in [-0.4, -0.2) is 33.1 Å². The zero-order chi connectivity index (χ0) is 20.8. The Hall–Kier alpha value is -2.82. The second-order valence-corrected chi connectivity index (χ2v) is 7.92. The van der Waals surface area contributed by atoms with Gasteiger partial charge in [-0.05, 0) is 43.7 Å². The van der Waals surface area contributed by atoms with E-state index >= 15 is 0 Å². The fraction of sp³-hybridized carbons (Fsp3) is 0.318. The molecule has 0 bridgehead atoms. The number of nitrogens with zero attached hydrogens (tertiary/aromatic N) is 3. The van der Waals surface area contributed by atoms with Crippen LogP contribution in [-0.2, 0) is 6.42 Å². The lowest BCUT2D eigenvalue weighted by Gasteiger charge is -2.17. The average molecular weight is 410 g/mol. The summed E-state index contributed by atoms with van der Waals surface area (Å²) in [6.45, 7) is 4.01. The number of hydrogen-bond acceptors (Lipinski definition) is 6. The third-order valence-electron chi connectivity index (χ3n) is 4.35. The van der Waals surface area contributed by atoms with E-state index in [0.717, 1.165) is 5.56 Å². The zero-order valence-electron chi connectivity index (χ0n) is 16.4. The summed E-state index contributed by atoms with van der Waals surface area (Å²) < 4.78 is 7.29. The van der Waals surface area contributed by atoms with Gasteiger partial charge in [0, 0.05) is 11.8 Å². The highest BCUT2D eigenvalue weighted by Gasteiger charge is 2.15. The number of aromatic nitrogens is 2. The molecule has 0 fully saturated rings. The van der Waals surface area contributed by atoms with Gasteiger partial charge in [0.2, 0.25) is 0 Å². The van der Waals surface area contributed by atoms with Crippen LogP contribution in [0.25, 0.3) is 10.9 Å². The van der Waals surface area contributed by atoms with Crippen LogP contribution >= 0.6 is 11.8 Å². The Balaban J connectivity index is 1.66. The van der Waals surface area contributed by atoms with Crippen LogP contribution in [0.1, 0.15) is 25.5 Å². The molecule has 0 unspecified atom stereocenters. The molecular weight excluding hydrogens is 386 g/mol. The molecule has 1 N–H and O–H groups in total. The SMILES string of the molecule is CC(C)n1c(SC[C@@H](O)COc2ccc(CC#N)cc2)nc2ccccc2c1=O. The van der Waals surface area contributed by atoms with E-state index in [0.29, 0.717) is 34.0 Å². The predicted octanol–water partition coefficient (Wildman–Crippen LogP) is 3.58. The van der Waals surface area contributed by atoms with Gasteiger partial charge in [0.15, 0.2) is 5.16 Å². The standard InChI is InChI=1S/C22H23N3O3S/c1-15(2)25-21(27)19-5-3-4-6-20(19)24-22(25)29-14-17(26)13-28-18-9-7-16(8-10-18)11-12-23/h3-10,15,17,26H,11,13-14H2,1-2H3/t17-/m0/s1. The van der Waals surface area contributed by atoms with E-state index in [2.05, 4.69) is 11.1 Å². The minimum absolute atomic E-state index is 0.0394. The summed E-state index contributed by atoms with van der Waals surface area (Å²) in [5.41, 5.74) is 1.50. The molecule has 0 aliphatic heterocycles. The van der Waals surface area contributed by atoms with E-state index in [1.54, 1.807) is 22.8 Å². The minimum atomic E-state index is -0.720. The molecule has 7 heteroatoms. The van der Waals surface area contributed by atoms with Crippen molar-refractivity contribution in [2.45, 2.75) is 37.6 Å². The van der Waals surface area contributed by atoms with Crippen molar-refractivity contribution in [1.29, 1.82) is 5.26 Å². The van der Waals surface area contributed by atoms with E-state index in [4.69, 9.17) is 10.00 Å². The number of hydrogen-bond donors (Lipinski definition) is 1. The lowest BCUT2D eigenvalue weighted by atomic mass is 10.2. The first-order valence-electron chi connectivity index (χ1n) is 9.40. The molecule has 2 aromatic carbocycles. The van der Waals surface area contributed by atoms with Crippen LogP contribution in [0, 0.1) is 11.3 Å². The fourth-order valence-electron chi connectivity index (χ4n) is 2.89. The number of ether oxygens (including phenoxy) is 1. The molecule has 1 aromatic heterocycles. The zero-order valence-corrected chi connectivity index (χ0v) is 17.2. The van der Waals surface area contributed by atoms with Crippen molar-refractivity contribution in [3.8, 4) is 11.8 Å². The number of rotatable bonds is 8. The van der Waals surface area contributed by atoms with E-state index < -0.39 is 6.10 Å². The van der Waals surface area contributed by atoms with Crippen LogP contribution in [0.15, 0.2) is 58.5 Å². The van der Waals surface area contributed by atoms with Gasteiger partial charge in [0.25, 0.3) is 5.56 Å². The third kappa shape index (κ3) is 5.17. The fourth-order valence-corrected chi connectivity index (χ4v) is 3.92. The maximum Gasteiger partial charge on any atom is 0.262 e. The molecular formula is C22H23N3O3S. The maximum atomic E-state index is 12.8. The van der Waals surface area contributed by atoms with E-state index in [9.17, 15) is 9.90 Å². The molecule has 29 heavy (non-hydrogen) atoms. The topological polar surface area (TPSA) is 88.1 Å². The monoisotopic (exact) mass is 409 g/mol. The van der Waals surface area contributed by atoms with Gasteiger partial charge in [-0.15, -0.1) is 0 Å². The molecule has 6 nitrogen and oxygen atoms in total. The lowest BCUT2D eigenvalue weighted by molar-refractivity contribution is 0.126. The number of benzene rings is 2. The quantitative estimate of drug-likeness (QED) is 0.452. The van der Waals surface area contributed by atoms with Crippen molar-refractivity contribution in [2.75, 3.05) is 12.4 Å². The highest BCUT2D eigenvalue weighted by Crippen LogP contribution is 2.22. The summed E-state index contributed by atoms with van der Waals surface area (Å²) in [5, 5.41) is 20.2. The molecule has 0 amide bonds. The molecule has 0 aliphatic rings. The van der Waals surface area contributed by atoms with Gasteiger partial charge in [-0.3, -0.25) is 9.36 Å². The Morgan fingerprint density at radius 3 is 2.62 bits per heavy atom. The normalized spacial score (nSPS) is 12.1. The summed E-state index contributed by atoms with van der Waals surface area (Å²) in [7, 11) is 0. The van der Waals surface area contributed by atoms with Gasteiger partial charge in [0.1, 0.15) is 12.4 Å². The second-order valence-electron chi connectivity index (χ2n) is 6.94. The maximum absolute atomic E-state index is 12.8. The molecule has 0 spiro atoms. The lowest BCUT2D eigenvalue weighted by Crippen LogP contribution is -2.26. The van der Waals surface area contributed by atoms with E-state index in [1.807, 2.05) is 44.2 Å². The molecule has 3 aromatic rings. The van der Waals surface area contributed by atoms with Crippen molar-refractivity contribution in [3.63, 3.8) is 0 Å². The smallest absolute Gasteiger partial charge is 0.262 e. The minimum Gasteiger partial charge on any atom is -0.491 e. The van der Waals surface area contributed by atoms with Crippen LogP contribution in [0.4, 0.5) is 0 Å². The van der Waals surface area contributed by atoms with Gasteiger partial charge in [0.05, 0.1) is 29.5 Å². The van der Waals surface area contributed by atoms with Crippen LogP contribution in [0.5, 0.6) is 5.75 Å². The van der Waals surface area contributed by atoms with Crippen LogP contribution < -0.4 is 10.3 Å². The third-order valence-corrected chi connectivity index (χ3v) is 5.44. The highest BCUT2D eigenvalue weighted by molar-refractivity contribution is 7.99. The number of para-hydroxylation sites is 1. The number of aliphatic hydroxyl groups is 1. The molecule has 1 atom stereocenters. The summed E-state index contributed by atoms with van der Waals surface area (Å²) in [4.78, 5) is 17.4. The van der Waals surface area contributed by atoms with E-state index in [-0.39, 0.29) is 18.2 Å². The van der Waals surface area contributed by atoms with Gasteiger partial charge in [-0.1, -0.05) is 36.0 Å². The molecule has 150 valence electrons. The number of aliphatic hydroxyl groups excluding tert-OH is 1. The largest absolute Gasteiger partial charge is 0.491 e. The first kappa shape index (κ1) is 20.9. The second kappa shape index (κ2) is 9.59. The highest BCUT2D eigenvalue weighted by atomic mass is 32.2. The summed E-state index contributed by atoms with van der Waals surface area (Å²) >= 11 is 1.34. The van der Waals surface area contributed by atoms with Crippen LogP contribution in [0.2, 0.25) is 0 Å². The van der Waals surface area contributed by atoms with Gasteiger partial charge < -0.3 is 9.84 Å². The number of fused-ring (bicyclic) bond motifs is 1. The summed E-state index contributed by atoms with van der Waals surface area (Å²) in [6, 6.07) is 16.6. The molecule has 0 saturated carbocycles. The average Bonchev–Trinajstić information content (AvgIpc) is 2.71.